The van der Waals surface area contributed by atoms with Crippen LogP contribution < -0.4 is 10.6 Å². The van der Waals surface area contributed by atoms with E-state index in [2.05, 4.69) is 29.4 Å². The zero-order valence-corrected chi connectivity index (χ0v) is 15.7. The molecule has 0 aliphatic heterocycles. The predicted molar refractivity (Wildman–Crippen MR) is 105 cm³/mol. The first-order valence-corrected chi connectivity index (χ1v) is 8.97. The molecule has 2 amide bonds. The second-order valence-electron chi connectivity index (χ2n) is 6.22. The highest BCUT2D eigenvalue weighted by Crippen LogP contribution is 2.11. The molecule has 26 heavy (non-hydrogen) atoms. The smallest absolute Gasteiger partial charge is 0.251 e. The Hall–Kier alpha value is -2.66. The van der Waals surface area contributed by atoms with Gasteiger partial charge in [0, 0.05) is 31.3 Å². The maximum atomic E-state index is 12.3. The van der Waals surface area contributed by atoms with E-state index in [-0.39, 0.29) is 11.8 Å². The number of anilines is 1. The van der Waals surface area contributed by atoms with Gasteiger partial charge in [-0.25, -0.2) is 0 Å². The Labute approximate surface area is 155 Å². The maximum absolute atomic E-state index is 12.3. The molecule has 2 aromatic carbocycles. The van der Waals surface area contributed by atoms with Crippen LogP contribution in [-0.2, 0) is 17.9 Å². The Morgan fingerprint density at radius 1 is 0.885 bits per heavy atom. The molecule has 0 aliphatic carbocycles. The van der Waals surface area contributed by atoms with Gasteiger partial charge in [0.05, 0.1) is 0 Å². The highest BCUT2D eigenvalue weighted by molar-refractivity contribution is 5.94. The quantitative estimate of drug-likeness (QED) is 0.764. The van der Waals surface area contributed by atoms with Gasteiger partial charge in [-0.15, -0.1) is 0 Å². The van der Waals surface area contributed by atoms with Crippen molar-refractivity contribution in [1.29, 1.82) is 0 Å². The fraction of sp³-hybridized carbons (Fsp3) is 0.333. The Bertz CT molecular complexity index is 720. The predicted octanol–water partition coefficient (Wildman–Crippen LogP) is 3.42. The van der Waals surface area contributed by atoms with Gasteiger partial charge in [-0.1, -0.05) is 38.1 Å². The second kappa shape index (κ2) is 9.73. The van der Waals surface area contributed by atoms with Gasteiger partial charge in [0.2, 0.25) is 5.91 Å². The molecule has 2 aromatic rings. The highest BCUT2D eigenvalue weighted by atomic mass is 16.2. The molecule has 138 valence electrons. The van der Waals surface area contributed by atoms with Gasteiger partial charge < -0.3 is 10.6 Å². The lowest BCUT2D eigenvalue weighted by Crippen LogP contribution is -2.23. The second-order valence-corrected chi connectivity index (χ2v) is 6.22. The van der Waals surface area contributed by atoms with Crippen LogP contribution in [-0.4, -0.2) is 29.8 Å². The van der Waals surface area contributed by atoms with E-state index in [1.54, 1.807) is 0 Å². The molecule has 0 bridgehead atoms. The molecule has 0 atom stereocenters. The Morgan fingerprint density at radius 2 is 1.46 bits per heavy atom. The first-order valence-electron chi connectivity index (χ1n) is 8.97. The van der Waals surface area contributed by atoms with Crippen LogP contribution in [0.25, 0.3) is 0 Å². The molecule has 5 nitrogen and oxygen atoms in total. The SMILES string of the molecule is CCN(CC)Cc1ccc(C(=O)NCc2ccc(NC(C)=O)cc2)cc1. The molecular weight excluding hydrogens is 326 g/mol. The summed E-state index contributed by atoms with van der Waals surface area (Å²) in [5.74, 6) is -0.194. The van der Waals surface area contributed by atoms with Gasteiger partial charge in [0.15, 0.2) is 0 Å². The van der Waals surface area contributed by atoms with Crippen molar-refractivity contribution >= 4 is 17.5 Å². The average Bonchev–Trinajstić information content (AvgIpc) is 2.65. The van der Waals surface area contributed by atoms with Crippen molar-refractivity contribution < 1.29 is 9.59 Å². The van der Waals surface area contributed by atoms with Crippen LogP contribution in [0.15, 0.2) is 48.5 Å². The molecule has 0 unspecified atom stereocenters. The standard InChI is InChI=1S/C21H27N3O2/c1-4-24(5-2)15-18-6-10-19(11-7-18)21(26)22-14-17-8-12-20(13-9-17)23-16(3)25/h6-13H,4-5,14-15H2,1-3H3,(H,22,26)(H,23,25). The van der Waals surface area contributed by atoms with Gasteiger partial charge in [0.1, 0.15) is 0 Å². The minimum Gasteiger partial charge on any atom is -0.348 e. The van der Waals surface area contributed by atoms with Gasteiger partial charge in [0.25, 0.3) is 5.91 Å². The third-order valence-electron chi connectivity index (χ3n) is 4.24. The molecule has 0 saturated carbocycles. The molecular formula is C21H27N3O2. The van der Waals surface area contributed by atoms with Crippen LogP contribution in [0.2, 0.25) is 0 Å². The van der Waals surface area contributed by atoms with E-state index in [1.807, 2.05) is 48.5 Å². The van der Waals surface area contributed by atoms with Crippen molar-refractivity contribution in [2.75, 3.05) is 18.4 Å². The average molecular weight is 353 g/mol. The summed E-state index contributed by atoms with van der Waals surface area (Å²) in [6.07, 6.45) is 0. The number of amides is 2. The van der Waals surface area contributed by atoms with E-state index < -0.39 is 0 Å². The van der Waals surface area contributed by atoms with E-state index in [1.165, 1.54) is 12.5 Å². The Kier molecular flexibility index (Phi) is 7.36. The van der Waals surface area contributed by atoms with Crippen LogP contribution in [0.5, 0.6) is 0 Å². The van der Waals surface area contributed by atoms with Crippen LogP contribution in [0.1, 0.15) is 42.3 Å². The first-order chi connectivity index (χ1) is 12.5. The number of hydrogen-bond acceptors (Lipinski definition) is 3. The van der Waals surface area contributed by atoms with E-state index in [0.29, 0.717) is 12.1 Å². The molecule has 5 heteroatoms. The fourth-order valence-corrected chi connectivity index (χ4v) is 2.66. The number of rotatable bonds is 8. The largest absolute Gasteiger partial charge is 0.348 e. The maximum Gasteiger partial charge on any atom is 0.251 e. The molecule has 2 rings (SSSR count). The monoisotopic (exact) mass is 353 g/mol. The van der Waals surface area contributed by atoms with E-state index in [9.17, 15) is 9.59 Å². The lowest BCUT2D eigenvalue weighted by atomic mass is 10.1. The number of nitrogens with zero attached hydrogens (tertiary/aromatic N) is 1. The number of nitrogens with one attached hydrogen (secondary N) is 2. The number of carbonyl (C=O) groups is 2. The van der Waals surface area contributed by atoms with Crippen molar-refractivity contribution in [2.24, 2.45) is 0 Å². The van der Waals surface area contributed by atoms with Crippen molar-refractivity contribution in [1.82, 2.24) is 10.2 Å². The Balaban J connectivity index is 1.88. The third-order valence-corrected chi connectivity index (χ3v) is 4.24. The summed E-state index contributed by atoms with van der Waals surface area (Å²) in [6.45, 7) is 9.14. The first kappa shape index (κ1) is 19.7. The summed E-state index contributed by atoms with van der Waals surface area (Å²) in [5.41, 5.74) is 3.59. The molecule has 0 heterocycles. The van der Waals surface area contributed by atoms with Gasteiger partial charge in [-0.05, 0) is 48.5 Å². The van der Waals surface area contributed by atoms with Crippen LogP contribution in [0, 0.1) is 0 Å². The van der Waals surface area contributed by atoms with Crippen LogP contribution in [0.3, 0.4) is 0 Å². The topological polar surface area (TPSA) is 61.4 Å². The van der Waals surface area contributed by atoms with Crippen LogP contribution in [0.4, 0.5) is 5.69 Å². The number of hydrogen-bond donors (Lipinski definition) is 2. The molecule has 0 aromatic heterocycles. The van der Waals surface area contributed by atoms with Gasteiger partial charge in [-0.3, -0.25) is 14.5 Å². The van der Waals surface area contributed by atoms with E-state index in [0.717, 1.165) is 30.9 Å². The zero-order chi connectivity index (χ0) is 18.9. The van der Waals surface area contributed by atoms with E-state index >= 15 is 0 Å². The summed E-state index contributed by atoms with van der Waals surface area (Å²) in [6, 6.07) is 15.2. The van der Waals surface area contributed by atoms with Gasteiger partial charge in [-0.2, -0.15) is 0 Å². The molecule has 0 saturated heterocycles. The molecule has 0 radical (unpaired) electrons. The number of carbonyl (C=O) groups excluding carboxylic acids is 2. The fourth-order valence-electron chi connectivity index (χ4n) is 2.66. The molecule has 2 N–H and O–H groups in total. The molecule has 0 aliphatic rings. The van der Waals surface area contributed by atoms with Crippen LogP contribution >= 0.6 is 0 Å². The summed E-state index contributed by atoms with van der Waals surface area (Å²) in [7, 11) is 0. The summed E-state index contributed by atoms with van der Waals surface area (Å²) >= 11 is 0. The minimum atomic E-state index is -0.101. The summed E-state index contributed by atoms with van der Waals surface area (Å²) < 4.78 is 0. The highest BCUT2D eigenvalue weighted by Gasteiger charge is 2.07. The molecule has 0 spiro atoms. The zero-order valence-electron chi connectivity index (χ0n) is 15.7. The van der Waals surface area contributed by atoms with Crippen molar-refractivity contribution in [3.8, 4) is 0 Å². The normalized spacial score (nSPS) is 10.6. The van der Waals surface area contributed by atoms with E-state index in [4.69, 9.17) is 0 Å². The number of benzene rings is 2. The lowest BCUT2D eigenvalue weighted by Gasteiger charge is -2.18. The lowest BCUT2D eigenvalue weighted by molar-refractivity contribution is -0.114. The third kappa shape index (κ3) is 6.01. The Morgan fingerprint density at radius 3 is 2.00 bits per heavy atom. The summed E-state index contributed by atoms with van der Waals surface area (Å²) in [5, 5.41) is 5.64. The van der Waals surface area contributed by atoms with Crippen molar-refractivity contribution in [3.05, 3.63) is 65.2 Å². The van der Waals surface area contributed by atoms with Crippen molar-refractivity contribution in [3.63, 3.8) is 0 Å². The van der Waals surface area contributed by atoms with Gasteiger partial charge >= 0.3 is 0 Å². The summed E-state index contributed by atoms with van der Waals surface area (Å²) in [4.78, 5) is 25.6. The van der Waals surface area contributed by atoms with Crippen molar-refractivity contribution in [2.45, 2.75) is 33.9 Å². The minimum absolute atomic E-state index is 0.0923. The molecule has 0 fully saturated rings.